The minimum absolute atomic E-state index is 0.0325. The van der Waals surface area contributed by atoms with Crippen molar-refractivity contribution in [3.63, 3.8) is 0 Å². The number of nitrogens with zero attached hydrogens (tertiary/aromatic N) is 2. The van der Waals surface area contributed by atoms with Crippen molar-refractivity contribution in [2.45, 2.75) is 42.9 Å². The van der Waals surface area contributed by atoms with Gasteiger partial charge < -0.3 is 20.1 Å². The number of benzene rings is 1. The number of hydrogen-bond donors (Lipinski definition) is 2. The Morgan fingerprint density at radius 3 is 2.71 bits per heavy atom. The number of thioether (sulfide) groups is 1. The van der Waals surface area contributed by atoms with Crippen molar-refractivity contribution in [3.8, 4) is 5.75 Å². The van der Waals surface area contributed by atoms with Crippen LogP contribution in [0.4, 0.5) is 0 Å². The van der Waals surface area contributed by atoms with Gasteiger partial charge in [0.1, 0.15) is 16.6 Å². The zero-order chi connectivity index (χ0) is 23.7. The fourth-order valence-electron chi connectivity index (χ4n) is 4.45. The van der Waals surface area contributed by atoms with Crippen LogP contribution < -0.4 is 15.4 Å². The summed E-state index contributed by atoms with van der Waals surface area (Å²) in [5.41, 5.74) is 0.812. The zero-order valence-electron chi connectivity index (χ0n) is 19.0. The molecule has 3 aromatic rings. The van der Waals surface area contributed by atoms with Crippen LogP contribution in [0.15, 0.2) is 35.4 Å². The molecule has 2 aliphatic heterocycles. The molecular formula is C24H26N4O4S2. The number of fused-ring (bicyclic) bond motifs is 3. The molecule has 1 aromatic carbocycles. The van der Waals surface area contributed by atoms with E-state index in [9.17, 15) is 9.59 Å². The molecule has 2 unspecified atom stereocenters. The van der Waals surface area contributed by atoms with E-state index in [0.29, 0.717) is 34.5 Å². The third kappa shape index (κ3) is 5.10. The molecule has 178 valence electrons. The molecule has 2 aromatic heterocycles. The van der Waals surface area contributed by atoms with Crippen LogP contribution >= 0.6 is 23.1 Å². The summed E-state index contributed by atoms with van der Waals surface area (Å²) in [5, 5.41) is 8.26. The van der Waals surface area contributed by atoms with Gasteiger partial charge in [0.2, 0.25) is 0 Å². The maximum atomic E-state index is 12.9. The molecule has 8 nitrogen and oxygen atoms in total. The second kappa shape index (κ2) is 9.99. The molecule has 2 aliphatic rings. The monoisotopic (exact) mass is 498 g/mol. The number of hydrogen-bond acceptors (Lipinski definition) is 9. The summed E-state index contributed by atoms with van der Waals surface area (Å²) in [6, 6.07) is 9.80. The molecule has 2 saturated heterocycles. The van der Waals surface area contributed by atoms with Gasteiger partial charge in [-0.1, -0.05) is 11.8 Å². The van der Waals surface area contributed by atoms with Gasteiger partial charge in [-0.3, -0.25) is 9.59 Å². The van der Waals surface area contributed by atoms with Gasteiger partial charge in [0.25, 0.3) is 5.91 Å². The van der Waals surface area contributed by atoms with Crippen LogP contribution in [0.1, 0.15) is 38.0 Å². The number of ether oxygens (including phenoxy) is 2. The molecule has 0 aliphatic carbocycles. The first-order valence-electron chi connectivity index (χ1n) is 11.2. The lowest BCUT2D eigenvalue weighted by Gasteiger charge is -2.40. The highest BCUT2D eigenvalue weighted by Gasteiger charge is 2.32. The molecule has 10 heteroatoms. The maximum Gasteiger partial charge on any atom is 0.261 e. The molecule has 34 heavy (non-hydrogen) atoms. The fourth-order valence-corrected chi connectivity index (χ4v) is 6.33. The van der Waals surface area contributed by atoms with Gasteiger partial charge in [0.05, 0.1) is 41.3 Å². The predicted molar refractivity (Wildman–Crippen MR) is 132 cm³/mol. The summed E-state index contributed by atoms with van der Waals surface area (Å²) in [5.74, 6) is 1.44. The topological polar surface area (TPSA) is 102 Å². The van der Waals surface area contributed by atoms with Crippen molar-refractivity contribution < 1.29 is 19.1 Å². The van der Waals surface area contributed by atoms with Crippen molar-refractivity contribution in [2.24, 2.45) is 0 Å². The number of piperidine rings is 1. The Morgan fingerprint density at radius 2 is 1.94 bits per heavy atom. The maximum absolute atomic E-state index is 12.9. The van der Waals surface area contributed by atoms with Crippen LogP contribution in [0.3, 0.4) is 0 Å². The smallest absolute Gasteiger partial charge is 0.261 e. The number of Topliss-reactive ketones (excluding diaryl/α,β-unsaturated/α-hetero) is 1. The van der Waals surface area contributed by atoms with Crippen molar-refractivity contribution in [3.05, 3.63) is 45.9 Å². The average Bonchev–Trinajstić information content (AvgIpc) is 3.32. The third-order valence-corrected chi connectivity index (χ3v) is 8.12. The van der Waals surface area contributed by atoms with Gasteiger partial charge in [0, 0.05) is 23.5 Å². The van der Waals surface area contributed by atoms with E-state index in [-0.39, 0.29) is 35.6 Å². The molecule has 2 atom stereocenters. The summed E-state index contributed by atoms with van der Waals surface area (Å²) in [6.45, 7) is 3.21. The fraction of sp³-hybridized carbons (Fsp3) is 0.417. The number of ketones is 1. The summed E-state index contributed by atoms with van der Waals surface area (Å²) in [7, 11) is 1.61. The molecule has 0 radical (unpaired) electrons. The first-order chi connectivity index (χ1) is 16.5. The number of nitrogens with one attached hydrogen (secondary N) is 2. The van der Waals surface area contributed by atoms with E-state index in [0.717, 1.165) is 28.8 Å². The predicted octanol–water partition coefficient (Wildman–Crippen LogP) is 3.23. The number of morpholine rings is 1. The van der Waals surface area contributed by atoms with E-state index < -0.39 is 0 Å². The quantitative estimate of drug-likeness (QED) is 0.291. The normalized spacial score (nSPS) is 21.9. The van der Waals surface area contributed by atoms with Crippen LogP contribution in [0.2, 0.25) is 0 Å². The number of rotatable bonds is 7. The molecule has 5 rings (SSSR count). The van der Waals surface area contributed by atoms with Gasteiger partial charge in [0.15, 0.2) is 5.78 Å². The molecule has 0 saturated carbocycles. The molecule has 4 heterocycles. The number of methoxy groups -OCH3 is 1. The van der Waals surface area contributed by atoms with Crippen molar-refractivity contribution >= 4 is 45.7 Å². The van der Waals surface area contributed by atoms with E-state index in [1.165, 1.54) is 23.1 Å². The van der Waals surface area contributed by atoms with Gasteiger partial charge in [-0.2, -0.15) is 0 Å². The SMILES string of the molecule is COc1ccc2nc(C)nc(SCC(=O)c3ccc(C(=O)NC4CC5COCC(C4)N5)s3)c2c1. The Balaban J connectivity index is 1.23. The number of amides is 1. The first kappa shape index (κ1) is 23.2. The first-order valence-corrected chi connectivity index (χ1v) is 13.0. The minimum Gasteiger partial charge on any atom is -0.497 e. The van der Waals surface area contributed by atoms with E-state index in [1.807, 2.05) is 25.1 Å². The molecule has 2 N–H and O–H groups in total. The number of thiophene rings is 1. The minimum atomic E-state index is -0.118. The Kier molecular flexibility index (Phi) is 6.82. The Morgan fingerprint density at radius 1 is 1.18 bits per heavy atom. The lowest BCUT2D eigenvalue weighted by Crippen LogP contribution is -2.58. The van der Waals surface area contributed by atoms with Crippen LogP contribution in [0.5, 0.6) is 5.75 Å². The van der Waals surface area contributed by atoms with Crippen LogP contribution in [-0.4, -0.2) is 65.9 Å². The Bertz CT molecular complexity index is 1220. The largest absolute Gasteiger partial charge is 0.497 e. The van der Waals surface area contributed by atoms with E-state index in [2.05, 4.69) is 20.6 Å². The van der Waals surface area contributed by atoms with Gasteiger partial charge in [-0.15, -0.1) is 11.3 Å². The van der Waals surface area contributed by atoms with E-state index in [1.54, 1.807) is 19.2 Å². The van der Waals surface area contributed by atoms with Gasteiger partial charge in [-0.25, -0.2) is 9.97 Å². The van der Waals surface area contributed by atoms with E-state index in [4.69, 9.17) is 9.47 Å². The van der Waals surface area contributed by atoms with Crippen molar-refractivity contribution in [1.29, 1.82) is 0 Å². The van der Waals surface area contributed by atoms with Crippen LogP contribution in [-0.2, 0) is 4.74 Å². The summed E-state index contributed by atoms with van der Waals surface area (Å²) < 4.78 is 10.9. The molecular weight excluding hydrogens is 472 g/mol. The molecule has 0 spiro atoms. The number of carbonyl (C=O) groups excluding carboxylic acids is 2. The molecule has 2 bridgehead atoms. The van der Waals surface area contributed by atoms with Gasteiger partial charge >= 0.3 is 0 Å². The Hall–Kier alpha value is -2.53. The number of carbonyl (C=O) groups is 2. The number of aromatic nitrogens is 2. The molecule has 2 fully saturated rings. The highest BCUT2D eigenvalue weighted by atomic mass is 32.2. The summed E-state index contributed by atoms with van der Waals surface area (Å²) in [6.07, 6.45) is 1.71. The third-order valence-electron chi connectivity index (χ3n) is 6.01. The lowest BCUT2D eigenvalue weighted by molar-refractivity contribution is 0.0148. The number of aryl methyl sites for hydroxylation is 1. The highest BCUT2D eigenvalue weighted by molar-refractivity contribution is 8.00. The average molecular weight is 499 g/mol. The zero-order valence-corrected chi connectivity index (χ0v) is 20.6. The standard InChI is InChI=1S/C24H26N4O4S2/c1-13-25-19-4-3-17(31-2)9-18(19)24(26-13)33-12-20(29)21-5-6-22(34-21)23(30)28-14-7-15-10-32-11-16(8-14)27-15/h3-6,9,14-16,27H,7-8,10-12H2,1-2H3,(H,28,30). The van der Waals surface area contributed by atoms with Crippen LogP contribution in [0.25, 0.3) is 10.9 Å². The lowest BCUT2D eigenvalue weighted by atomic mass is 9.92. The highest BCUT2D eigenvalue weighted by Crippen LogP contribution is 2.30. The van der Waals surface area contributed by atoms with Crippen molar-refractivity contribution in [2.75, 3.05) is 26.1 Å². The van der Waals surface area contributed by atoms with E-state index >= 15 is 0 Å². The van der Waals surface area contributed by atoms with Gasteiger partial charge in [-0.05, 0) is 50.1 Å². The Labute approximate surface area is 205 Å². The van der Waals surface area contributed by atoms with Crippen molar-refractivity contribution in [1.82, 2.24) is 20.6 Å². The summed E-state index contributed by atoms with van der Waals surface area (Å²) >= 11 is 2.61. The summed E-state index contributed by atoms with van der Waals surface area (Å²) in [4.78, 5) is 35.8. The molecule has 1 amide bonds. The second-order valence-electron chi connectivity index (χ2n) is 8.57. The second-order valence-corrected chi connectivity index (χ2v) is 10.6. The van der Waals surface area contributed by atoms with Crippen LogP contribution in [0, 0.1) is 6.92 Å².